The van der Waals surface area contributed by atoms with Crippen molar-refractivity contribution >= 4 is 29.8 Å². The van der Waals surface area contributed by atoms with Crippen LogP contribution in [-0.4, -0.2) is 71.1 Å². The van der Waals surface area contributed by atoms with Crippen LogP contribution in [0.4, 0.5) is 4.79 Å². The van der Waals surface area contributed by atoms with E-state index in [1.807, 2.05) is 0 Å². The standard InChI is InChI=1S/C23H34N4O8/c1-13(2)27(21(32)16(11-17(24)29)26-22(33)35-23(3,4)5)19(14-8-7-9-15(28)10-14)20(31)25-12-18(30)34-6/h7-10,13,16,19,28H,11-12H2,1-6H3,(H2,24,29)(H,25,31)(H,26,33). The number of carbonyl (C=O) groups excluding carboxylic acids is 5. The van der Waals surface area contributed by atoms with E-state index in [0.717, 1.165) is 12.0 Å². The number of hydrogen-bond acceptors (Lipinski definition) is 8. The van der Waals surface area contributed by atoms with E-state index >= 15 is 0 Å². The first-order chi connectivity index (χ1) is 16.2. The molecule has 2 unspecified atom stereocenters. The van der Waals surface area contributed by atoms with Crippen molar-refractivity contribution in [3.05, 3.63) is 29.8 Å². The third-order valence-corrected chi connectivity index (χ3v) is 4.55. The summed E-state index contributed by atoms with van der Waals surface area (Å²) in [5.74, 6) is -3.30. The number of nitrogens with zero attached hydrogens (tertiary/aromatic N) is 1. The van der Waals surface area contributed by atoms with E-state index in [1.165, 1.54) is 24.3 Å². The summed E-state index contributed by atoms with van der Waals surface area (Å²) in [4.78, 5) is 63.6. The van der Waals surface area contributed by atoms with Crippen LogP contribution in [-0.2, 0) is 28.7 Å². The van der Waals surface area contributed by atoms with Gasteiger partial charge in [-0.25, -0.2) is 4.79 Å². The fraction of sp³-hybridized carbons (Fsp3) is 0.522. The number of rotatable bonds is 10. The number of alkyl carbamates (subject to hydrolysis) is 1. The number of benzene rings is 1. The summed E-state index contributed by atoms with van der Waals surface area (Å²) < 4.78 is 9.73. The number of esters is 1. The average molecular weight is 495 g/mol. The van der Waals surface area contributed by atoms with E-state index in [-0.39, 0.29) is 11.3 Å². The molecule has 0 aliphatic rings. The second-order valence-corrected chi connectivity index (χ2v) is 9.00. The molecule has 1 aromatic rings. The van der Waals surface area contributed by atoms with E-state index in [0.29, 0.717) is 0 Å². The number of hydrogen-bond donors (Lipinski definition) is 4. The lowest BCUT2D eigenvalue weighted by molar-refractivity contribution is -0.146. The molecular weight excluding hydrogens is 460 g/mol. The van der Waals surface area contributed by atoms with Gasteiger partial charge in [-0.05, 0) is 52.3 Å². The number of phenolic OH excluding ortho intramolecular Hbond substituents is 1. The van der Waals surface area contributed by atoms with E-state index < -0.39 is 66.5 Å². The van der Waals surface area contributed by atoms with Gasteiger partial charge in [-0.15, -0.1) is 0 Å². The Hall–Kier alpha value is -3.83. The first-order valence-electron chi connectivity index (χ1n) is 10.9. The van der Waals surface area contributed by atoms with Crippen LogP contribution in [0.1, 0.15) is 52.6 Å². The first kappa shape index (κ1) is 29.2. The SMILES string of the molecule is COC(=O)CNC(=O)C(c1cccc(O)c1)N(C(=O)C(CC(N)=O)NC(=O)OC(C)(C)C)C(C)C. The number of methoxy groups -OCH3 is 1. The van der Waals surface area contributed by atoms with Gasteiger partial charge in [0.25, 0.3) is 0 Å². The smallest absolute Gasteiger partial charge is 0.408 e. The molecule has 0 bridgehead atoms. The summed E-state index contributed by atoms with van der Waals surface area (Å²) in [6, 6.07) is 2.25. The van der Waals surface area contributed by atoms with Gasteiger partial charge in [0.15, 0.2) is 0 Å². The van der Waals surface area contributed by atoms with Crippen molar-refractivity contribution < 1.29 is 38.6 Å². The second kappa shape index (κ2) is 12.6. The predicted octanol–water partition coefficient (Wildman–Crippen LogP) is 0.728. The Morgan fingerprint density at radius 3 is 2.26 bits per heavy atom. The first-order valence-corrected chi connectivity index (χ1v) is 10.9. The molecule has 0 saturated heterocycles. The van der Waals surface area contributed by atoms with Crippen LogP contribution in [0.5, 0.6) is 5.75 Å². The summed E-state index contributed by atoms with van der Waals surface area (Å²) in [6.07, 6.45) is -1.51. The van der Waals surface area contributed by atoms with Crippen LogP contribution in [0.2, 0.25) is 0 Å². The number of primary amides is 1. The Labute approximate surface area is 204 Å². The number of phenols is 1. The molecule has 0 aliphatic carbocycles. The summed E-state index contributed by atoms with van der Waals surface area (Å²) in [5, 5.41) is 14.7. The van der Waals surface area contributed by atoms with Crippen molar-refractivity contribution in [3.63, 3.8) is 0 Å². The van der Waals surface area contributed by atoms with Crippen LogP contribution in [0, 0.1) is 0 Å². The maximum atomic E-state index is 13.6. The van der Waals surface area contributed by atoms with E-state index in [4.69, 9.17) is 10.5 Å². The monoisotopic (exact) mass is 494 g/mol. The molecule has 0 saturated carbocycles. The highest BCUT2D eigenvalue weighted by molar-refractivity contribution is 5.95. The Balaban J connectivity index is 3.45. The number of nitrogens with one attached hydrogen (secondary N) is 2. The summed E-state index contributed by atoms with van der Waals surface area (Å²) in [7, 11) is 1.15. The fourth-order valence-corrected chi connectivity index (χ4v) is 3.17. The largest absolute Gasteiger partial charge is 0.508 e. The molecule has 0 radical (unpaired) electrons. The van der Waals surface area contributed by atoms with Crippen molar-refractivity contribution in [1.82, 2.24) is 15.5 Å². The summed E-state index contributed by atoms with van der Waals surface area (Å²) in [6.45, 7) is 7.65. The topological polar surface area (TPSA) is 177 Å². The van der Waals surface area contributed by atoms with Gasteiger partial charge in [0, 0.05) is 6.04 Å². The lowest BCUT2D eigenvalue weighted by Gasteiger charge is -2.37. The molecule has 194 valence electrons. The van der Waals surface area contributed by atoms with E-state index in [1.54, 1.807) is 34.6 Å². The molecule has 2 atom stereocenters. The lowest BCUT2D eigenvalue weighted by atomic mass is 10.00. The van der Waals surface area contributed by atoms with Crippen LogP contribution < -0.4 is 16.4 Å². The molecule has 5 N–H and O–H groups in total. The minimum atomic E-state index is -1.45. The number of carbonyl (C=O) groups is 5. The number of aromatic hydroxyl groups is 1. The molecule has 0 fully saturated rings. The van der Waals surface area contributed by atoms with Crippen molar-refractivity contribution in [2.24, 2.45) is 5.73 Å². The Kier molecular flexibility index (Phi) is 10.5. The average Bonchev–Trinajstić information content (AvgIpc) is 2.72. The zero-order valence-electron chi connectivity index (χ0n) is 20.8. The van der Waals surface area contributed by atoms with Crippen LogP contribution in [0.3, 0.4) is 0 Å². The van der Waals surface area contributed by atoms with E-state index in [9.17, 15) is 29.1 Å². The number of ether oxygens (including phenoxy) is 2. The highest BCUT2D eigenvalue weighted by Gasteiger charge is 2.38. The van der Waals surface area contributed by atoms with Crippen LogP contribution in [0.25, 0.3) is 0 Å². The molecular formula is C23H34N4O8. The summed E-state index contributed by atoms with van der Waals surface area (Å²) in [5.41, 5.74) is 4.66. The maximum Gasteiger partial charge on any atom is 0.408 e. The van der Waals surface area contributed by atoms with Gasteiger partial charge in [-0.2, -0.15) is 0 Å². The maximum absolute atomic E-state index is 13.6. The molecule has 1 rings (SSSR count). The Morgan fingerprint density at radius 2 is 1.77 bits per heavy atom. The van der Waals surface area contributed by atoms with Crippen molar-refractivity contribution in [3.8, 4) is 5.75 Å². The van der Waals surface area contributed by atoms with Gasteiger partial charge in [0.05, 0.1) is 13.5 Å². The lowest BCUT2D eigenvalue weighted by Crippen LogP contribution is -2.56. The third kappa shape index (κ3) is 9.51. The normalized spacial score (nSPS) is 12.8. The third-order valence-electron chi connectivity index (χ3n) is 4.55. The van der Waals surface area contributed by atoms with Gasteiger partial charge in [-0.3, -0.25) is 19.2 Å². The van der Waals surface area contributed by atoms with E-state index in [2.05, 4.69) is 15.4 Å². The highest BCUT2D eigenvalue weighted by atomic mass is 16.6. The molecule has 0 aliphatic heterocycles. The fourth-order valence-electron chi connectivity index (χ4n) is 3.17. The van der Waals surface area contributed by atoms with Crippen LogP contribution in [0.15, 0.2) is 24.3 Å². The Morgan fingerprint density at radius 1 is 1.14 bits per heavy atom. The number of amides is 4. The van der Waals surface area contributed by atoms with Crippen molar-refractivity contribution in [2.45, 2.75) is 64.8 Å². The van der Waals surface area contributed by atoms with Crippen molar-refractivity contribution in [1.29, 1.82) is 0 Å². The van der Waals surface area contributed by atoms with Gasteiger partial charge in [0.1, 0.15) is 30.0 Å². The molecule has 12 nitrogen and oxygen atoms in total. The summed E-state index contributed by atoms with van der Waals surface area (Å²) >= 11 is 0. The molecule has 1 aromatic carbocycles. The molecule has 0 spiro atoms. The van der Waals surface area contributed by atoms with Gasteiger partial charge < -0.3 is 35.8 Å². The predicted molar refractivity (Wildman–Crippen MR) is 125 cm³/mol. The minimum Gasteiger partial charge on any atom is -0.508 e. The molecule has 0 aromatic heterocycles. The highest BCUT2D eigenvalue weighted by Crippen LogP contribution is 2.27. The Bertz CT molecular complexity index is 942. The zero-order valence-corrected chi connectivity index (χ0v) is 20.8. The minimum absolute atomic E-state index is 0.162. The molecule has 12 heteroatoms. The number of nitrogens with two attached hydrogens (primary N) is 1. The quantitative estimate of drug-likeness (QED) is 0.344. The van der Waals surface area contributed by atoms with Gasteiger partial charge in [-0.1, -0.05) is 12.1 Å². The van der Waals surface area contributed by atoms with Crippen LogP contribution >= 0.6 is 0 Å². The van der Waals surface area contributed by atoms with Crippen molar-refractivity contribution in [2.75, 3.05) is 13.7 Å². The molecule has 0 heterocycles. The molecule has 4 amide bonds. The zero-order chi connectivity index (χ0) is 26.9. The van der Waals surface area contributed by atoms with Gasteiger partial charge in [0.2, 0.25) is 17.7 Å². The molecule has 35 heavy (non-hydrogen) atoms. The van der Waals surface area contributed by atoms with Gasteiger partial charge >= 0.3 is 12.1 Å². The second-order valence-electron chi connectivity index (χ2n) is 9.00.